The SMILES string of the molecule is O=C(C=Cc1ccsc1)NCCc1c[nH]c2ccc(Cl)cc12. The van der Waals surface area contributed by atoms with E-state index in [9.17, 15) is 4.79 Å². The van der Waals surface area contributed by atoms with Crippen molar-refractivity contribution in [3.05, 3.63) is 63.4 Å². The van der Waals surface area contributed by atoms with Gasteiger partial charge in [-0.1, -0.05) is 11.6 Å². The third-order valence-corrected chi connectivity index (χ3v) is 4.33. The topological polar surface area (TPSA) is 44.9 Å². The van der Waals surface area contributed by atoms with Crippen LogP contribution in [0, 0.1) is 0 Å². The maximum absolute atomic E-state index is 11.8. The van der Waals surface area contributed by atoms with E-state index in [2.05, 4.69) is 10.3 Å². The van der Waals surface area contributed by atoms with Crippen LogP contribution in [-0.4, -0.2) is 17.4 Å². The first-order valence-electron chi connectivity index (χ1n) is 6.96. The summed E-state index contributed by atoms with van der Waals surface area (Å²) in [4.78, 5) is 15.0. The van der Waals surface area contributed by atoms with Gasteiger partial charge < -0.3 is 10.3 Å². The minimum atomic E-state index is -0.0796. The molecular weight excluding hydrogens is 316 g/mol. The van der Waals surface area contributed by atoms with E-state index < -0.39 is 0 Å². The molecule has 3 nitrogen and oxygen atoms in total. The van der Waals surface area contributed by atoms with Gasteiger partial charge in [0, 0.05) is 34.7 Å². The van der Waals surface area contributed by atoms with E-state index in [0.717, 1.165) is 33.5 Å². The highest BCUT2D eigenvalue weighted by molar-refractivity contribution is 7.08. The molecule has 0 saturated heterocycles. The van der Waals surface area contributed by atoms with Crippen LogP contribution < -0.4 is 5.32 Å². The van der Waals surface area contributed by atoms with Crippen LogP contribution in [0.5, 0.6) is 0 Å². The average molecular weight is 331 g/mol. The molecule has 2 aromatic heterocycles. The molecule has 2 N–H and O–H groups in total. The Morgan fingerprint density at radius 2 is 2.27 bits per heavy atom. The van der Waals surface area contributed by atoms with Gasteiger partial charge >= 0.3 is 0 Å². The smallest absolute Gasteiger partial charge is 0.244 e. The molecule has 1 amide bonds. The summed E-state index contributed by atoms with van der Waals surface area (Å²) in [5.74, 6) is -0.0796. The lowest BCUT2D eigenvalue weighted by atomic mass is 10.1. The number of aromatic amines is 1. The van der Waals surface area contributed by atoms with Crippen LogP contribution in [0.2, 0.25) is 5.02 Å². The third-order valence-electron chi connectivity index (χ3n) is 3.39. The Morgan fingerprint density at radius 1 is 1.36 bits per heavy atom. The molecule has 0 radical (unpaired) electrons. The Labute approximate surface area is 137 Å². The molecule has 0 unspecified atom stereocenters. The van der Waals surface area contributed by atoms with Crippen molar-refractivity contribution in [3.8, 4) is 0 Å². The summed E-state index contributed by atoms with van der Waals surface area (Å²) in [7, 11) is 0. The number of nitrogens with one attached hydrogen (secondary N) is 2. The number of H-pyrrole nitrogens is 1. The first-order valence-corrected chi connectivity index (χ1v) is 8.28. The normalized spacial score (nSPS) is 11.3. The second-order valence-corrected chi connectivity index (χ2v) is 6.15. The quantitative estimate of drug-likeness (QED) is 0.675. The van der Waals surface area contributed by atoms with Gasteiger partial charge in [0.15, 0.2) is 0 Å². The van der Waals surface area contributed by atoms with Crippen LogP contribution in [-0.2, 0) is 11.2 Å². The van der Waals surface area contributed by atoms with E-state index in [1.54, 1.807) is 17.4 Å². The number of hydrogen-bond donors (Lipinski definition) is 2. The van der Waals surface area contributed by atoms with Crippen LogP contribution in [0.15, 0.2) is 47.3 Å². The van der Waals surface area contributed by atoms with Gasteiger partial charge in [-0.3, -0.25) is 4.79 Å². The standard InChI is InChI=1S/C17H15ClN2OS/c18-14-2-3-16-15(9-14)13(10-20-16)5-7-19-17(21)4-1-12-6-8-22-11-12/h1-4,6,8-11,20H,5,7H2,(H,19,21). The molecule has 0 bridgehead atoms. The Bertz CT molecular complexity index is 805. The van der Waals surface area contributed by atoms with Crippen LogP contribution in [0.1, 0.15) is 11.1 Å². The number of aromatic nitrogens is 1. The third kappa shape index (κ3) is 3.59. The Morgan fingerprint density at radius 3 is 3.09 bits per heavy atom. The summed E-state index contributed by atoms with van der Waals surface area (Å²) in [5, 5.41) is 8.70. The van der Waals surface area contributed by atoms with E-state index >= 15 is 0 Å². The molecule has 0 fully saturated rings. The largest absolute Gasteiger partial charge is 0.361 e. The second kappa shape index (κ2) is 6.81. The number of amides is 1. The predicted molar refractivity (Wildman–Crippen MR) is 93.4 cm³/mol. The molecule has 5 heteroatoms. The molecule has 0 aliphatic rings. The van der Waals surface area contributed by atoms with Crippen LogP contribution >= 0.6 is 22.9 Å². The van der Waals surface area contributed by atoms with Crippen molar-refractivity contribution in [2.75, 3.05) is 6.54 Å². The van der Waals surface area contributed by atoms with Crippen molar-refractivity contribution in [1.29, 1.82) is 0 Å². The Kier molecular flexibility index (Phi) is 4.61. The van der Waals surface area contributed by atoms with E-state index in [1.165, 1.54) is 0 Å². The van der Waals surface area contributed by atoms with Crippen molar-refractivity contribution < 1.29 is 4.79 Å². The highest BCUT2D eigenvalue weighted by Gasteiger charge is 2.04. The van der Waals surface area contributed by atoms with Crippen LogP contribution in [0.25, 0.3) is 17.0 Å². The number of fused-ring (bicyclic) bond motifs is 1. The fourth-order valence-electron chi connectivity index (χ4n) is 2.28. The second-order valence-electron chi connectivity index (χ2n) is 4.93. The van der Waals surface area contributed by atoms with Gasteiger partial charge in [0.1, 0.15) is 0 Å². The summed E-state index contributed by atoms with van der Waals surface area (Å²) in [6.07, 6.45) is 6.11. The van der Waals surface area contributed by atoms with Gasteiger partial charge in [0.2, 0.25) is 5.91 Å². The summed E-state index contributed by atoms with van der Waals surface area (Å²) in [6, 6.07) is 7.75. The molecule has 22 heavy (non-hydrogen) atoms. The summed E-state index contributed by atoms with van der Waals surface area (Å²) in [5.41, 5.74) is 3.26. The lowest BCUT2D eigenvalue weighted by Gasteiger charge is -2.02. The highest BCUT2D eigenvalue weighted by Crippen LogP contribution is 2.22. The van der Waals surface area contributed by atoms with E-state index in [-0.39, 0.29) is 5.91 Å². The molecule has 1 aromatic carbocycles. The molecular formula is C17H15ClN2OS. The summed E-state index contributed by atoms with van der Waals surface area (Å²) >= 11 is 7.64. The van der Waals surface area contributed by atoms with Crippen molar-refractivity contribution in [2.24, 2.45) is 0 Å². The Balaban J connectivity index is 1.56. The molecule has 2 heterocycles. The fourth-order valence-corrected chi connectivity index (χ4v) is 3.08. The zero-order valence-electron chi connectivity index (χ0n) is 11.8. The zero-order valence-corrected chi connectivity index (χ0v) is 13.4. The molecule has 0 aliphatic heterocycles. The molecule has 112 valence electrons. The van der Waals surface area contributed by atoms with Crippen molar-refractivity contribution in [1.82, 2.24) is 10.3 Å². The number of thiophene rings is 1. The molecule has 3 aromatic rings. The monoisotopic (exact) mass is 330 g/mol. The summed E-state index contributed by atoms with van der Waals surface area (Å²) in [6.45, 7) is 0.590. The van der Waals surface area contributed by atoms with Gasteiger partial charge in [0.25, 0.3) is 0 Å². The lowest BCUT2D eigenvalue weighted by molar-refractivity contribution is -0.116. The molecule has 0 aliphatic carbocycles. The Hall–Kier alpha value is -2.04. The van der Waals surface area contributed by atoms with Crippen molar-refractivity contribution >= 4 is 45.8 Å². The average Bonchev–Trinajstić information content (AvgIpc) is 3.15. The molecule has 3 rings (SSSR count). The van der Waals surface area contributed by atoms with Crippen molar-refractivity contribution in [2.45, 2.75) is 6.42 Å². The number of carbonyl (C=O) groups is 1. The van der Waals surface area contributed by atoms with Gasteiger partial charge in [-0.05, 0) is 58.6 Å². The maximum atomic E-state index is 11.8. The van der Waals surface area contributed by atoms with Crippen molar-refractivity contribution in [3.63, 3.8) is 0 Å². The first kappa shape index (κ1) is 14.9. The zero-order chi connectivity index (χ0) is 15.4. The number of hydrogen-bond acceptors (Lipinski definition) is 2. The van der Waals surface area contributed by atoms with Crippen LogP contribution in [0.3, 0.4) is 0 Å². The van der Waals surface area contributed by atoms with E-state index in [0.29, 0.717) is 6.54 Å². The van der Waals surface area contributed by atoms with Gasteiger partial charge in [-0.25, -0.2) is 0 Å². The molecule has 0 atom stereocenters. The van der Waals surface area contributed by atoms with Crippen LogP contribution in [0.4, 0.5) is 0 Å². The molecule has 0 saturated carbocycles. The number of rotatable bonds is 5. The fraction of sp³-hybridized carbons (Fsp3) is 0.118. The summed E-state index contributed by atoms with van der Waals surface area (Å²) < 4.78 is 0. The molecule has 0 spiro atoms. The van der Waals surface area contributed by atoms with Gasteiger partial charge in [-0.2, -0.15) is 11.3 Å². The predicted octanol–water partition coefficient (Wildman–Crippen LogP) is 4.25. The highest BCUT2D eigenvalue weighted by atomic mass is 35.5. The van der Waals surface area contributed by atoms with E-state index in [4.69, 9.17) is 11.6 Å². The minimum absolute atomic E-state index is 0.0796. The number of halogens is 1. The minimum Gasteiger partial charge on any atom is -0.361 e. The maximum Gasteiger partial charge on any atom is 0.244 e. The number of benzene rings is 1. The van der Waals surface area contributed by atoms with Gasteiger partial charge in [-0.15, -0.1) is 0 Å². The number of carbonyl (C=O) groups excluding carboxylic acids is 1. The van der Waals surface area contributed by atoms with Gasteiger partial charge in [0.05, 0.1) is 0 Å². The first-order chi connectivity index (χ1) is 10.7. The lowest BCUT2D eigenvalue weighted by Crippen LogP contribution is -2.23. The van der Waals surface area contributed by atoms with E-state index in [1.807, 2.05) is 47.3 Å².